The van der Waals surface area contributed by atoms with Crippen LogP contribution in [0.2, 0.25) is 5.02 Å². The molecule has 3 aromatic rings. The van der Waals surface area contributed by atoms with E-state index in [0.717, 1.165) is 6.07 Å². The topological polar surface area (TPSA) is 37.8 Å². The van der Waals surface area contributed by atoms with Crippen molar-refractivity contribution in [3.63, 3.8) is 0 Å². The molecule has 1 atom stereocenters. The molecule has 0 aliphatic heterocycles. The zero-order valence-corrected chi connectivity index (χ0v) is 15.4. The van der Waals surface area contributed by atoms with Gasteiger partial charge in [0.05, 0.1) is 11.1 Å². The first-order valence-corrected chi connectivity index (χ1v) is 8.64. The van der Waals surface area contributed by atoms with E-state index in [4.69, 9.17) is 11.6 Å². The number of hydrogen-bond acceptors (Lipinski definition) is 3. The van der Waals surface area contributed by atoms with Crippen LogP contribution in [0.1, 0.15) is 24.5 Å². The molecule has 3 rings (SSSR count). The van der Waals surface area contributed by atoms with Crippen molar-refractivity contribution in [2.75, 3.05) is 5.32 Å². The highest BCUT2D eigenvalue weighted by molar-refractivity contribution is 6.30. The molecule has 2 aromatic carbocycles. The van der Waals surface area contributed by atoms with E-state index in [0.29, 0.717) is 16.7 Å². The summed E-state index contributed by atoms with van der Waals surface area (Å²) in [6, 6.07) is 7.39. The van der Waals surface area contributed by atoms with Gasteiger partial charge in [-0.2, -0.15) is 13.2 Å². The third kappa shape index (κ3) is 4.70. The molecule has 0 aliphatic carbocycles. The summed E-state index contributed by atoms with van der Waals surface area (Å²) in [4.78, 5) is 8.18. The molecular weight excluding hydrogens is 394 g/mol. The zero-order valence-electron chi connectivity index (χ0n) is 14.6. The summed E-state index contributed by atoms with van der Waals surface area (Å²) in [6.45, 7) is 1.80. The smallest absolute Gasteiger partial charge is 0.366 e. The number of benzene rings is 2. The van der Waals surface area contributed by atoms with Gasteiger partial charge in [-0.1, -0.05) is 23.4 Å². The summed E-state index contributed by atoms with van der Waals surface area (Å²) in [5, 5.41) is 3.60. The predicted molar refractivity (Wildman–Crippen MR) is 101 cm³/mol. The lowest BCUT2D eigenvalue weighted by atomic mass is 10.1. The first kappa shape index (κ1) is 19.9. The number of alkyl halides is 3. The summed E-state index contributed by atoms with van der Waals surface area (Å²) in [5.74, 6) is 5.30. The van der Waals surface area contributed by atoms with E-state index in [1.165, 1.54) is 30.6 Å². The predicted octanol–water partition coefficient (Wildman–Crippen LogP) is 5.68. The van der Waals surface area contributed by atoms with Gasteiger partial charge in [0.2, 0.25) is 0 Å². The fraction of sp³-hybridized carbons (Fsp3) is 0.200. The Hall–Kier alpha value is -2.85. The molecule has 0 fully saturated rings. The standard InChI is InChI=1S/C20H14ClF4N3/c1-12(28-19-16-10-15(22)7-8-18(16)26-11-27-19)3-2-4-13-5-6-14(21)9-17(13)20(23,24)25/h5-12H,3H2,1H3,(H,26,27,28). The van der Waals surface area contributed by atoms with Gasteiger partial charge in [0.1, 0.15) is 18.0 Å². The van der Waals surface area contributed by atoms with Crippen molar-refractivity contribution >= 4 is 28.3 Å². The van der Waals surface area contributed by atoms with Gasteiger partial charge in [-0.25, -0.2) is 14.4 Å². The highest BCUT2D eigenvalue weighted by Crippen LogP contribution is 2.33. The van der Waals surface area contributed by atoms with Gasteiger partial charge in [-0.15, -0.1) is 0 Å². The molecule has 1 aromatic heterocycles. The van der Waals surface area contributed by atoms with E-state index in [9.17, 15) is 17.6 Å². The van der Waals surface area contributed by atoms with Crippen LogP contribution < -0.4 is 5.32 Å². The van der Waals surface area contributed by atoms with Crippen LogP contribution in [0.25, 0.3) is 10.9 Å². The molecule has 28 heavy (non-hydrogen) atoms. The SMILES string of the molecule is CC(CC#Cc1ccc(Cl)cc1C(F)(F)F)Nc1ncnc2ccc(F)cc12. The molecule has 144 valence electrons. The van der Waals surface area contributed by atoms with E-state index < -0.39 is 17.6 Å². The molecule has 0 saturated carbocycles. The number of rotatable bonds is 3. The normalized spacial score (nSPS) is 12.4. The lowest BCUT2D eigenvalue weighted by molar-refractivity contribution is -0.137. The maximum Gasteiger partial charge on any atom is 0.417 e. The van der Waals surface area contributed by atoms with E-state index in [1.54, 1.807) is 13.0 Å². The van der Waals surface area contributed by atoms with Crippen molar-refractivity contribution in [2.45, 2.75) is 25.6 Å². The average Bonchev–Trinajstić information content (AvgIpc) is 2.62. The van der Waals surface area contributed by atoms with Crippen LogP contribution in [0.4, 0.5) is 23.4 Å². The molecule has 1 heterocycles. The average molecular weight is 408 g/mol. The highest BCUT2D eigenvalue weighted by Gasteiger charge is 2.33. The minimum atomic E-state index is -4.54. The van der Waals surface area contributed by atoms with Gasteiger partial charge in [0.15, 0.2) is 0 Å². The molecular formula is C20H14ClF4N3. The quantitative estimate of drug-likeness (QED) is 0.448. The van der Waals surface area contributed by atoms with E-state index in [-0.39, 0.29) is 23.0 Å². The maximum absolute atomic E-state index is 13.5. The number of nitrogens with zero attached hydrogens (tertiary/aromatic N) is 2. The van der Waals surface area contributed by atoms with Gasteiger partial charge < -0.3 is 5.32 Å². The van der Waals surface area contributed by atoms with Crippen LogP contribution in [0, 0.1) is 17.7 Å². The number of aromatic nitrogens is 2. The minimum Gasteiger partial charge on any atom is -0.366 e. The van der Waals surface area contributed by atoms with Gasteiger partial charge in [-0.3, -0.25) is 0 Å². The van der Waals surface area contributed by atoms with Crippen LogP contribution >= 0.6 is 11.6 Å². The molecule has 0 aliphatic rings. The van der Waals surface area contributed by atoms with Gasteiger partial charge in [0, 0.05) is 28.4 Å². The maximum atomic E-state index is 13.5. The number of anilines is 1. The molecule has 0 bridgehead atoms. The molecule has 0 spiro atoms. The Balaban J connectivity index is 1.77. The minimum absolute atomic E-state index is 0.00391. The second-order valence-corrected chi connectivity index (χ2v) is 6.56. The van der Waals surface area contributed by atoms with Crippen molar-refractivity contribution in [3.8, 4) is 11.8 Å². The van der Waals surface area contributed by atoms with Crippen LogP contribution in [0.5, 0.6) is 0 Å². The van der Waals surface area contributed by atoms with Crippen molar-refractivity contribution in [1.82, 2.24) is 9.97 Å². The lowest BCUT2D eigenvalue weighted by Gasteiger charge is -2.13. The summed E-state index contributed by atoms with van der Waals surface area (Å²) in [6.07, 6.45) is -2.94. The lowest BCUT2D eigenvalue weighted by Crippen LogP contribution is -2.15. The number of fused-ring (bicyclic) bond motifs is 1. The summed E-state index contributed by atoms with van der Waals surface area (Å²) in [5.41, 5.74) is -0.433. The number of nitrogens with one attached hydrogen (secondary N) is 1. The second-order valence-electron chi connectivity index (χ2n) is 6.12. The third-order valence-corrected chi connectivity index (χ3v) is 4.13. The van der Waals surface area contributed by atoms with Crippen molar-refractivity contribution in [1.29, 1.82) is 0 Å². The first-order chi connectivity index (χ1) is 13.2. The zero-order chi connectivity index (χ0) is 20.3. The van der Waals surface area contributed by atoms with E-state index in [1.807, 2.05) is 0 Å². The van der Waals surface area contributed by atoms with Crippen molar-refractivity contribution in [2.24, 2.45) is 0 Å². The Bertz CT molecular complexity index is 1070. The Kier molecular flexibility index (Phi) is 5.71. The molecule has 0 amide bonds. The highest BCUT2D eigenvalue weighted by atomic mass is 35.5. The summed E-state index contributed by atoms with van der Waals surface area (Å²) in [7, 11) is 0. The van der Waals surface area contributed by atoms with Gasteiger partial charge in [-0.05, 0) is 43.3 Å². The Morgan fingerprint density at radius 1 is 1.14 bits per heavy atom. The molecule has 0 saturated heterocycles. The van der Waals surface area contributed by atoms with Crippen LogP contribution in [-0.2, 0) is 6.18 Å². The first-order valence-electron chi connectivity index (χ1n) is 8.26. The molecule has 0 radical (unpaired) electrons. The monoisotopic (exact) mass is 407 g/mol. The van der Waals surface area contributed by atoms with Gasteiger partial charge in [0.25, 0.3) is 0 Å². The molecule has 1 N–H and O–H groups in total. The van der Waals surface area contributed by atoms with E-state index >= 15 is 0 Å². The fourth-order valence-corrected chi connectivity index (χ4v) is 2.76. The summed E-state index contributed by atoms with van der Waals surface area (Å²) >= 11 is 5.66. The van der Waals surface area contributed by atoms with Crippen LogP contribution in [0.15, 0.2) is 42.7 Å². The third-order valence-electron chi connectivity index (χ3n) is 3.90. The van der Waals surface area contributed by atoms with Crippen molar-refractivity contribution < 1.29 is 17.6 Å². The molecule has 8 heteroatoms. The Morgan fingerprint density at radius 2 is 1.93 bits per heavy atom. The second kappa shape index (κ2) is 8.03. The fourth-order valence-electron chi connectivity index (χ4n) is 2.59. The Labute approximate surface area is 163 Å². The summed E-state index contributed by atoms with van der Waals surface area (Å²) < 4.78 is 52.8. The van der Waals surface area contributed by atoms with Crippen LogP contribution in [-0.4, -0.2) is 16.0 Å². The number of hydrogen-bond donors (Lipinski definition) is 1. The van der Waals surface area contributed by atoms with Crippen molar-refractivity contribution in [3.05, 3.63) is 64.7 Å². The molecule has 3 nitrogen and oxygen atoms in total. The Morgan fingerprint density at radius 3 is 2.68 bits per heavy atom. The largest absolute Gasteiger partial charge is 0.417 e. The number of halogens is 5. The van der Waals surface area contributed by atoms with Crippen LogP contribution in [0.3, 0.4) is 0 Å². The molecule has 1 unspecified atom stereocenters. The van der Waals surface area contributed by atoms with E-state index in [2.05, 4.69) is 27.1 Å². The van der Waals surface area contributed by atoms with Gasteiger partial charge >= 0.3 is 6.18 Å².